The predicted molar refractivity (Wildman–Crippen MR) is 125 cm³/mol. The van der Waals surface area contributed by atoms with Crippen LogP contribution in [-0.4, -0.2) is 20.6 Å². The molecule has 0 unspecified atom stereocenters. The van der Waals surface area contributed by atoms with Gasteiger partial charge in [-0.25, -0.2) is 4.39 Å². The molecule has 0 saturated heterocycles. The molecule has 0 radical (unpaired) electrons. The Kier molecular flexibility index (Phi) is 6.37. The Bertz CT molecular complexity index is 1250. The summed E-state index contributed by atoms with van der Waals surface area (Å²) in [5.41, 5.74) is 4.86. The van der Waals surface area contributed by atoms with Crippen LogP contribution in [0.4, 0.5) is 4.39 Å². The third-order valence-corrected chi connectivity index (χ3v) is 5.71. The summed E-state index contributed by atoms with van der Waals surface area (Å²) < 4.78 is 15.3. The molecular weight excluding hydrogens is 425 g/mol. The fraction of sp³-hybridized carbons (Fsp3) is 0.154. The van der Waals surface area contributed by atoms with Crippen molar-refractivity contribution in [3.05, 3.63) is 112 Å². The number of aromatic nitrogens is 2. The maximum Gasteiger partial charge on any atom is 0.255 e. The van der Waals surface area contributed by atoms with Crippen LogP contribution in [0.2, 0.25) is 5.02 Å². The van der Waals surface area contributed by atoms with E-state index >= 15 is 0 Å². The van der Waals surface area contributed by atoms with Crippen LogP contribution >= 0.6 is 11.6 Å². The number of carbonyl (C=O) groups is 1. The zero-order chi connectivity index (χ0) is 22.7. The van der Waals surface area contributed by atoms with Gasteiger partial charge >= 0.3 is 0 Å². The Labute approximate surface area is 191 Å². The molecule has 1 amide bonds. The first-order chi connectivity index (χ1) is 15.4. The van der Waals surface area contributed by atoms with Gasteiger partial charge in [-0.05, 0) is 47.9 Å². The number of hydrogen-bond acceptors (Lipinski definition) is 2. The standard InChI is InChI=1S/C26H23ClFN3O/c1-18-14-22(30(2)29-18)17-31(16-20-12-13-21(28)15-25(20)27)26(32)24-11-7-6-10-23(24)19-8-4-3-5-9-19/h3-15H,16-17H2,1-2H3. The minimum Gasteiger partial charge on any atom is -0.328 e. The molecule has 4 rings (SSSR count). The normalized spacial score (nSPS) is 10.9. The van der Waals surface area contributed by atoms with Crippen LogP contribution in [0, 0.1) is 12.7 Å². The zero-order valence-corrected chi connectivity index (χ0v) is 18.7. The molecular formula is C26H23ClFN3O. The van der Waals surface area contributed by atoms with Crippen molar-refractivity contribution in [1.82, 2.24) is 14.7 Å². The molecule has 0 saturated carbocycles. The molecule has 4 aromatic rings. The molecule has 0 atom stereocenters. The van der Waals surface area contributed by atoms with E-state index in [4.69, 9.17) is 11.6 Å². The first kappa shape index (κ1) is 21.8. The molecule has 6 heteroatoms. The fourth-order valence-corrected chi connectivity index (χ4v) is 4.00. The molecule has 0 aliphatic rings. The lowest BCUT2D eigenvalue weighted by atomic mass is 9.98. The number of amides is 1. The highest BCUT2D eigenvalue weighted by molar-refractivity contribution is 6.31. The van der Waals surface area contributed by atoms with Crippen LogP contribution in [0.3, 0.4) is 0 Å². The van der Waals surface area contributed by atoms with Crippen LogP contribution in [0.1, 0.15) is 27.3 Å². The minimum atomic E-state index is -0.409. The maximum absolute atomic E-state index is 13.8. The van der Waals surface area contributed by atoms with E-state index in [1.54, 1.807) is 15.6 Å². The quantitative estimate of drug-likeness (QED) is 0.362. The number of aryl methyl sites for hydroxylation is 2. The molecule has 162 valence electrons. The van der Waals surface area contributed by atoms with Crippen molar-refractivity contribution in [3.8, 4) is 11.1 Å². The maximum atomic E-state index is 13.8. The lowest BCUT2D eigenvalue weighted by molar-refractivity contribution is 0.0727. The number of carbonyl (C=O) groups excluding carboxylic acids is 1. The minimum absolute atomic E-state index is 0.135. The van der Waals surface area contributed by atoms with E-state index < -0.39 is 5.82 Å². The summed E-state index contributed by atoms with van der Waals surface area (Å²) in [4.78, 5) is 15.5. The summed E-state index contributed by atoms with van der Waals surface area (Å²) in [6, 6.07) is 23.6. The fourth-order valence-electron chi connectivity index (χ4n) is 3.77. The zero-order valence-electron chi connectivity index (χ0n) is 17.9. The molecule has 0 bridgehead atoms. The van der Waals surface area contributed by atoms with E-state index in [0.717, 1.165) is 22.5 Å². The number of halogens is 2. The van der Waals surface area contributed by atoms with Crippen LogP contribution < -0.4 is 0 Å². The van der Waals surface area contributed by atoms with Gasteiger partial charge in [0.1, 0.15) is 5.82 Å². The van der Waals surface area contributed by atoms with Gasteiger partial charge in [0.05, 0.1) is 17.9 Å². The van der Waals surface area contributed by atoms with Gasteiger partial charge in [0.2, 0.25) is 0 Å². The van der Waals surface area contributed by atoms with Crippen molar-refractivity contribution in [3.63, 3.8) is 0 Å². The average molecular weight is 448 g/mol. The second kappa shape index (κ2) is 9.37. The van der Waals surface area contributed by atoms with Gasteiger partial charge in [-0.1, -0.05) is 66.2 Å². The molecule has 0 spiro atoms. The van der Waals surface area contributed by atoms with Crippen LogP contribution in [0.15, 0.2) is 78.9 Å². The Morgan fingerprint density at radius 2 is 1.72 bits per heavy atom. The topological polar surface area (TPSA) is 38.1 Å². The summed E-state index contributed by atoms with van der Waals surface area (Å²) in [5, 5.41) is 4.69. The van der Waals surface area contributed by atoms with Crippen LogP contribution in [0.25, 0.3) is 11.1 Å². The van der Waals surface area contributed by atoms with E-state index in [9.17, 15) is 9.18 Å². The third-order valence-electron chi connectivity index (χ3n) is 5.36. The van der Waals surface area contributed by atoms with Gasteiger partial charge in [0, 0.05) is 24.2 Å². The Hall–Kier alpha value is -3.44. The molecule has 4 nitrogen and oxygen atoms in total. The van der Waals surface area contributed by atoms with Crippen LogP contribution in [0.5, 0.6) is 0 Å². The van der Waals surface area contributed by atoms with Gasteiger partial charge < -0.3 is 4.90 Å². The summed E-state index contributed by atoms with van der Waals surface area (Å²) in [5.74, 6) is -0.544. The lowest BCUT2D eigenvalue weighted by Crippen LogP contribution is -2.31. The average Bonchev–Trinajstić information content (AvgIpc) is 3.11. The van der Waals surface area contributed by atoms with Gasteiger partial charge in [-0.3, -0.25) is 9.48 Å². The van der Waals surface area contributed by atoms with E-state index in [1.807, 2.05) is 74.6 Å². The summed E-state index contributed by atoms with van der Waals surface area (Å²) in [6.45, 7) is 2.50. The molecule has 0 aliphatic heterocycles. The van der Waals surface area contributed by atoms with Gasteiger partial charge in [-0.15, -0.1) is 0 Å². The first-order valence-electron chi connectivity index (χ1n) is 10.3. The van der Waals surface area contributed by atoms with Crippen molar-refractivity contribution in [1.29, 1.82) is 0 Å². The van der Waals surface area contributed by atoms with E-state index in [1.165, 1.54) is 12.1 Å². The number of hydrogen-bond donors (Lipinski definition) is 0. The van der Waals surface area contributed by atoms with Crippen LogP contribution in [-0.2, 0) is 20.1 Å². The Balaban J connectivity index is 1.74. The monoisotopic (exact) mass is 447 g/mol. The summed E-state index contributed by atoms with van der Waals surface area (Å²) in [6.07, 6.45) is 0. The highest BCUT2D eigenvalue weighted by Gasteiger charge is 2.22. The van der Waals surface area contributed by atoms with E-state index in [0.29, 0.717) is 22.7 Å². The molecule has 0 aliphatic carbocycles. The number of benzene rings is 3. The lowest BCUT2D eigenvalue weighted by Gasteiger charge is -2.25. The van der Waals surface area contributed by atoms with Crippen molar-refractivity contribution in [2.45, 2.75) is 20.0 Å². The summed E-state index contributed by atoms with van der Waals surface area (Å²) in [7, 11) is 1.85. The Morgan fingerprint density at radius 3 is 2.41 bits per heavy atom. The highest BCUT2D eigenvalue weighted by atomic mass is 35.5. The smallest absolute Gasteiger partial charge is 0.255 e. The third kappa shape index (κ3) is 4.73. The Morgan fingerprint density at radius 1 is 1.00 bits per heavy atom. The van der Waals surface area contributed by atoms with Crippen molar-refractivity contribution >= 4 is 17.5 Å². The van der Waals surface area contributed by atoms with E-state index in [2.05, 4.69) is 5.10 Å². The van der Waals surface area contributed by atoms with Crippen molar-refractivity contribution in [2.24, 2.45) is 7.05 Å². The van der Waals surface area contributed by atoms with Crippen molar-refractivity contribution < 1.29 is 9.18 Å². The molecule has 0 N–H and O–H groups in total. The van der Waals surface area contributed by atoms with Gasteiger partial charge in [-0.2, -0.15) is 5.10 Å². The molecule has 32 heavy (non-hydrogen) atoms. The van der Waals surface area contributed by atoms with Crippen molar-refractivity contribution in [2.75, 3.05) is 0 Å². The second-order valence-corrected chi connectivity index (χ2v) is 8.12. The van der Waals surface area contributed by atoms with Gasteiger partial charge in [0.15, 0.2) is 0 Å². The molecule has 1 aromatic heterocycles. The van der Waals surface area contributed by atoms with Gasteiger partial charge in [0.25, 0.3) is 5.91 Å². The summed E-state index contributed by atoms with van der Waals surface area (Å²) >= 11 is 6.29. The molecule has 3 aromatic carbocycles. The highest BCUT2D eigenvalue weighted by Crippen LogP contribution is 2.27. The largest absolute Gasteiger partial charge is 0.328 e. The SMILES string of the molecule is Cc1cc(CN(Cc2ccc(F)cc2Cl)C(=O)c2ccccc2-c2ccccc2)n(C)n1. The van der Waals surface area contributed by atoms with E-state index in [-0.39, 0.29) is 12.5 Å². The molecule has 1 heterocycles. The first-order valence-corrected chi connectivity index (χ1v) is 10.7. The second-order valence-electron chi connectivity index (χ2n) is 7.71. The number of nitrogens with zero attached hydrogens (tertiary/aromatic N) is 3. The predicted octanol–water partition coefficient (Wildman–Crippen LogP) is 6.03. The molecule has 0 fully saturated rings. The number of rotatable bonds is 6.